The molecule has 0 aliphatic heterocycles. The fraction of sp³-hybridized carbons (Fsp3) is 0.188. The van der Waals surface area contributed by atoms with Crippen molar-refractivity contribution in [3.8, 4) is 10.4 Å². The van der Waals surface area contributed by atoms with Crippen molar-refractivity contribution >= 4 is 38.9 Å². The van der Waals surface area contributed by atoms with Gasteiger partial charge >= 0.3 is 5.97 Å². The second-order valence-electron chi connectivity index (χ2n) is 5.55. The van der Waals surface area contributed by atoms with E-state index in [0.29, 0.717) is 5.02 Å². The summed E-state index contributed by atoms with van der Waals surface area (Å²) < 4.78 is 27.5. The summed E-state index contributed by atoms with van der Waals surface area (Å²) in [6, 6.07) is 10.2. The largest absolute Gasteiger partial charge is 0.480 e. The fourth-order valence-electron chi connectivity index (χ4n) is 2.50. The monoisotopic (exact) mass is 383 g/mol. The van der Waals surface area contributed by atoms with E-state index in [1.165, 1.54) is 12.1 Å². The van der Waals surface area contributed by atoms with Crippen LogP contribution in [0.1, 0.15) is 6.42 Å². The molecule has 0 saturated heterocycles. The summed E-state index contributed by atoms with van der Waals surface area (Å²) in [5.41, 5.74) is -0.639. The van der Waals surface area contributed by atoms with Crippen LogP contribution in [0, 0.1) is 5.92 Å². The first-order valence-corrected chi connectivity index (χ1v) is 9.72. The molecule has 3 rings (SSSR count). The molecule has 1 aromatic carbocycles. The Hall–Kier alpha value is -1.67. The Bertz CT molecular complexity index is 904. The molecule has 5 nitrogen and oxygen atoms in total. The van der Waals surface area contributed by atoms with E-state index >= 15 is 0 Å². The Morgan fingerprint density at radius 3 is 2.54 bits per heavy atom. The number of hydrogen-bond donors (Lipinski definition) is 2. The summed E-state index contributed by atoms with van der Waals surface area (Å²) in [4.78, 5) is 12.2. The molecule has 8 heteroatoms. The molecule has 1 saturated carbocycles. The summed E-state index contributed by atoms with van der Waals surface area (Å²) in [5.74, 6) is -1.59. The van der Waals surface area contributed by atoms with Crippen LogP contribution in [0.25, 0.3) is 10.4 Å². The number of carbonyl (C=O) groups is 1. The Labute approximate surface area is 148 Å². The molecule has 1 aliphatic carbocycles. The maximum absolute atomic E-state index is 12.5. The number of carboxylic acid groups (broad SMARTS) is 1. The second-order valence-corrected chi connectivity index (χ2v) is 8.98. The molecule has 24 heavy (non-hydrogen) atoms. The Morgan fingerprint density at radius 1 is 1.33 bits per heavy atom. The van der Waals surface area contributed by atoms with Crippen LogP contribution >= 0.6 is 22.9 Å². The molecule has 2 aromatic rings. The lowest BCUT2D eigenvalue weighted by molar-refractivity contribution is -0.140. The van der Waals surface area contributed by atoms with Gasteiger partial charge in [-0.25, -0.2) is 8.42 Å². The third-order valence-electron chi connectivity index (χ3n) is 3.97. The Kier molecular flexibility index (Phi) is 4.29. The van der Waals surface area contributed by atoms with Crippen LogP contribution < -0.4 is 4.72 Å². The highest BCUT2D eigenvalue weighted by Crippen LogP contribution is 2.46. The summed E-state index contributed by atoms with van der Waals surface area (Å²) in [5, 5.41) is 9.94. The third-order valence-corrected chi connectivity index (χ3v) is 7.36. The average Bonchev–Trinajstić information content (AvgIpc) is 3.01. The van der Waals surface area contributed by atoms with Gasteiger partial charge in [0.1, 0.15) is 9.75 Å². The van der Waals surface area contributed by atoms with E-state index in [-0.39, 0.29) is 10.6 Å². The first-order chi connectivity index (χ1) is 11.3. The molecular formula is C16H14ClNO4S2. The third kappa shape index (κ3) is 3.00. The van der Waals surface area contributed by atoms with Gasteiger partial charge in [-0.3, -0.25) is 4.79 Å². The van der Waals surface area contributed by atoms with Crippen LogP contribution in [0.2, 0.25) is 5.02 Å². The van der Waals surface area contributed by atoms with Crippen LogP contribution in [0.5, 0.6) is 0 Å². The summed E-state index contributed by atoms with van der Waals surface area (Å²) in [6.45, 7) is 3.55. The standard InChI is InChI=1S/C16H14ClNO4S2/c1-2-11-9-16(11,15(19)20)18-24(21,22)14-8-7-13(23-14)10-3-5-12(17)6-4-10/h2-8,11,18H,1,9H2,(H,19,20)/t11-,16?/m1/s1. The first-order valence-electron chi connectivity index (χ1n) is 7.04. The minimum atomic E-state index is -3.92. The van der Waals surface area contributed by atoms with Crippen molar-refractivity contribution in [1.29, 1.82) is 0 Å². The van der Waals surface area contributed by atoms with Gasteiger partial charge in [-0.05, 0) is 36.2 Å². The van der Waals surface area contributed by atoms with Gasteiger partial charge in [-0.15, -0.1) is 17.9 Å². The lowest BCUT2D eigenvalue weighted by Gasteiger charge is -2.13. The van der Waals surface area contributed by atoms with Crippen LogP contribution in [0.15, 0.2) is 53.3 Å². The Morgan fingerprint density at radius 2 is 2.00 bits per heavy atom. The SMILES string of the molecule is C=C[C@@H]1CC1(NS(=O)(=O)c1ccc(-c2ccc(Cl)cc2)s1)C(=O)O. The molecule has 2 atom stereocenters. The van der Waals surface area contributed by atoms with Crippen LogP contribution in [0.3, 0.4) is 0 Å². The van der Waals surface area contributed by atoms with Gasteiger partial charge in [-0.2, -0.15) is 4.72 Å². The predicted octanol–water partition coefficient (Wildman–Crippen LogP) is 3.38. The van der Waals surface area contributed by atoms with Gasteiger partial charge < -0.3 is 5.11 Å². The number of thiophene rings is 1. The number of hydrogen-bond acceptors (Lipinski definition) is 4. The summed E-state index contributed by atoms with van der Waals surface area (Å²) in [7, 11) is -3.92. The molecule has 1 fully saturated rings. The molecule has 126 valence electrons. The van der Waals surface area contributed by atoms with Gasteiger partial charge in [0.15, 0.2) is 0 Å². The molecule has 1 aliphatic rings. The number of sulfonamides is 1. The fourth-order valence-corrected chi connectivity index (χ4v) is 5.35. The van der Waals surface area contributed by atoms with Gasteiger partial charge in [0.25, 0.3) is 10.0 Å². The van der Waals surface area contributed by atoms with E-state index in [1.54, 1.807) is 30.3 Å². The number of carboxylic acids is 1. The highest BCUT2D eigenvalue weighted by Gasteiger charge is 2.61. The number of aliphatic carboxylic acids is 1. The summed E-state index contributed by atoms with van der Waals surface area (Å²) in [6.07, 6.45) is 1.67. The normalized spacial score (nSPS) is 23.0. The lowest BCUT2D eigenvalue weighted by atomic mass is 10.2. The number of rotatable bonds is 6. The van der Waals surface area contributed by atoms with E-state index in [0.717, 1.165) is 21.8 Å². The van der Waals surface area contributed by atoms with Crippen molar-refractivity contribution in [2.24, 2.45) is 5.92 Å². The van der Waals surface area contributed by atoms with Crippen LogP contribution in [-0.2, 0) is 14.8 Å². The highest BCUT2D eigenvalue weighted by molar-refractivity contribution is 7.91. The quantitative estimate of drug-likeness (QED) is 0.749. The topological polar surface area (TPSA) is 83.5 Å². The van der Waals surface area contributed by atoms with E-state index in [1.807, 2.05) is 0 Å². The molecule has 1 unspecified atom stereocenters. The van der Waals surface area contributed by atoms with E-state index in [2.05, 4.69) is 11.3 Å². The zero-order valence-corrected chi connectivity index (χ0v) is 14.8. The summed E-state index contributed by atoms with van der Waals surface area (Å²) >= 11 is 6.92. The maximum atomic E-state index is 12.5. The van der Waals surface area contributed by atoms with E-state index in [9.17, 15) is 18.3 Å². The number of benzene rings is 1. The molecule has 1 heterocycles. The minimum Gasteiger partial charge on any atom is -0.480 e. The van der Waals surface area contributed by atoms with Crippen molar-refractivity contribution in [3.63, 3.8) is 0 Å². The van der Waals surface area contributed by atoms with Crippen molar-refractivity contribution in [1.82, 2.24) is 4.72 Å². The smallest absolute Gasteiger partial charge is 0.325 e. The molecular weight excluding hydrogens is 370 g/mol. The molecule has 0 amide bonds. The van der Waals surface area contributed by atoms with Crippen molar-refractivity contribution < 1.29 is 18.3 Å². The maximum Gasteiger partial charge on any atom is 0.325 e. The van der Waals surface area contributed by atoms with Crippen LogP contribution in [0.4, 0.5) is 0 Å². The lowest BCUT2D eigenvalue weighted by Crippen LogP contribution is -2.44. The zero-order chi connectivity index (χ0) is 17.5. The van der Waals surface area contributed by atoms with Crippen molar-refractivity contribution in [3.05, 3.63) is 54.1 Å². The van der Waals surface area contributed by atoms with E-state index in [4.69, 9.17) is 11.6 Å². The molecule has 2 N–H and O–H groups in total. The molecule has 0 spiro atoms. The van der Waals surface area contributed by atoms with Gasteiger partial charge in [-0.1, -0.05) is 29.8 Å². The van der Waals surface area contributed by atoms with E-state index < -0.39 is 27.4 Å². The average molecular weight is 384 g/mol. The van der Waals surface area contributed by atoms with Gasteiger partial charge in [0, 0.05) is 15.8 Å². The number of nitrogens with one attached hydrogen (secondary N) is 1. The molecule has 1 aromatic heterocycles. The second kappa shape index (κ2) is 6.00. The minimum absolute atomic E-state index is 0.0720. The predicted molar refractivity (Wildman–Crippen MR) is 93.8 cm³/mol. The zero-order valence-electron chi connectivity index (χ0n) is 12.4. The van der Waals surface area contributed by atoms with Gasteiger partial charge in [0.05, 0.1) is 0 Å². The van der Waals surface area contributed by atoms with Gasteiger partial charge in [0.2, 0.25) is 0 Å². The number of halogens is 1. The highest BCUT2D eigenvalue weighted by atomic mass is 35.5. The molecule has 0 radical (unpaired) electrons. The molecule has 0 bridgehead atoms. The van der Waals surface area contributed by atoms with Crippen molar-refractivity contribution in [2.45, 2.75) is 16.2 Å². The van der Waals surface area contributed by atoms with Crippen LogP contribution in [-0.4, -0.2) is 25.0 Å². The first kappa shape index (κ1) is 17.2. The Balaban J connectivity index is 1.87. The van der Waals surface area contributed by atoms with Crippen molar-refractivity contribution in [2.75, 3.05) is 0 Å².